The average Bonchev–Trinajstić information content (AvgIpc) is 3.58. The van der Waals surface area contributed by atoms with Gasteiger partial charge in [-0.3, -0.25) is 19.6 Å². The van der Waals surface area contributed by atoms with Crippen LogP contribution in [-0.2, 0) is 6.42 Å². The zero-order valence-electron chi connectivity index (χ0n) is 16.6. The predicted octanol–water partition coefficient (Wildman–Crippen LogP) is 3.58. The van der Waals surface area contributed by atoms with E-state index in [-0.39, 0.29) is 17.5 Å². The van der Waals surface area contributed by atoms with Crippen LogP contribution in [0.25, 0.3) is 11.1 Å². The molecular weight excluding hydrogens is 364 g/mol. The van der Waals surface area contributed by atoms with Crippen LogP contribution in [0, 0.1) is 12.8 Å². The number of aromatic nitrogens is 3. The van der Waals surface area contributed by atoms with Crippen molar-refractivity contribution in [3.05, 3.63) is 81.8 Å². The summed E-state index contributed by atoms with van der Waals surface area (Å²) >= 11 is 0. The molecule has 0 aliphatic heterocycles. The number of carbonyl (C=O) groups is 1. The first kappa shape index (κ1) is 19.1. The third-order valence-corrected chi connectivity index (χ3v) is 5.43. The quantitative estimate of drug-likeness (QED) is 0.676. The van der Waals surface area contributed by atoms with Crippen LogP contribution >= 0.6 is 0 Å². The van der Waals surface area contributed by atoms with Crippen molar-refractivity contribution >= 4 is 5.91 Å². The van der Waals surface area contributed by atoms with Crippen molar-refractivity contribution in [3.63, 3.8) is 0 Å². The number of hydrogen-bond acceptors (Lipinski definition) is 4. The number of carbonyl (C=O) groups excluding carboxylic acids is 1. The third kappa shape index (κ3) is 4.11. The second-order valence-corrected chi connectivity index (χ2v) is 7.55. The largest absolute Gasteiger partial charge is 0.345 e. The van der Waals surface area contributed by atoms with E-state index < -0.39 is 0 Å². The number of H-pyrrole nitrogens is 1. The SMILES string of the molecule is CCc1cc(-c2cncc(C(=O)NC(c3cccnc3)C3CC3)c2)c(C)[nH]c1=O. The van der Waals surface area contributed by atoms with E-state index in [1.165, 1.54) is 0 Å². The summed E-state index contributed by atoms with van der Waals surface area (Å²) in [6.07, 6.45) is 9.70. The summed E-state index contributed by atoms with van der Waals surface area (Å²) < 4.78 is 0. The minimum atomic E-state index is -0.155. The van der Waals surface area contributed by atoms with Gasteiger partial charge in [0, 0.05) is 47.2 Å². The Kier molecular flexibility index (Phi) is 5.25. The number of aromatic amines is 1. The maximum absolute atomic E-state index is 13.0. The van der Waals surface area contributed by atoms with Gasteiger partial charge in [-0.2, -0.15) is 0 Å². The van der Waals surface area contributed by atoms with E-state index >= 15 is 0 Å². The first-order chi connectivity index (χ1) is 14.1. The van der Waals surface area contributed by atoms with Gasteiger partial charge in [-0.25, -0.2) is 0 Å². The van der Waals surface area contributed by atoms with Crippen molar-refractivity contribution in [3.8, 4) is 11.1 Å². The molecule has 1 saturated carbocycles. The maximum atomic E-state index is 13.0. The molecule has 1 aliphatic rings. The lowest BCUT2D eigenvalue weighted by molar-refractivity contribution is 0.0931. The summed E-state index contributed by atoms with van der Waals surface area (Å²) in [5.41, 5.74) is 4.63. The molecular formula is C23H24N4O2. The van der Waals surface area contributed by atoms with Gasteiger partial charge in [0.25, 0.3) is 11.5 Å². The van der Waals surface area contributed by atoms with Crippen LogP contribution < -0.4 is 10.9 Å². The number of amides is 1. The van der Waals surface area contributed by atoms with Gasteiger partial charge in [0.2, 0.25) is 0 Å². The van der Waals surface area contributed by atoms with Crippen LogP contribution in [0.5, 0.6) is 0 Å². The Morgan fingerprint density at radius 1 is 1.24 bits per heavy atom. The Balaban J connectivity index is 1.62. The fraction of sp³-hybridized carbons (Fsp3) is 0.304. The molecule has 0 bridgehead atoms. The van der Waals surface area contributed by atoms with Crippen molar-refractivity contribution in [2.45, 2.75) is 39.2 Å². The monoisotopic (exact) mass is 388 g/mol. The van der Waals surface area contributed by atoms with E-state index in [0.717, 1.165) is 35.2 Å². The highest BCUT2D eigenvalue weighted by Crippen LogP contribution is 2.41. The van der Waals surface area contributed by atoms with Crippen molar-refractivity contribution in [2.75, 3.05) is 0 Å². The van der Waals surface area contributed by atoms with E-state index in [1.54, 1.807) is 18.6 Å². The lowest BCUT2D eigenvalue weighted by atomic mass is 10.0. The van der Waals surface area contributed by atoms with E-state index in [0.29, 0.717) is 23.5 Å². The van der Waals surface area contributed by atoms with Crippen molar-refractivity contribution in [1.82, 2.24) is 20.3 Å². The number of hydrogen-bond donors (Lipinski definition) is 2. The Hall–Kier alpha value is -3.28. The van der Waals surface area contributed by atoms with Crippen LogP contribution in [-0.4, -0.2) is 20.9 Å². The minimum absolute atomic E-state index is 0.0404. The summed E-state index contributed by atoms with van der Waals surface area (Å²) in [5, 5.41) is 3.16. The van der Waals surface area contributed by atoms with Crippen LogP contribution in [0.4, 0.5) is 0 Å². The second kappa shape index (κ2) is 7.99. The molecule has 0 aromatic carbocycles. The number of pyridine rings is 3. The molecule has 29 heavy (non-hydrogen) atoms. The van der Waals surface area contributed by atoms with Crippen molar-refractivity contribution in [2.24, 2.45) is 5.92 Å². The lowest BCUT2D eigenvalue weighted by Gasteiger charge is -2.18. The smallest absolute Gasteiger partial charge is 0.253 e. The Morgan fingerprint density at radius 3 is 2.76 bits per heavy atom. The summed E-state index contributed by atoms with van der Waals surface area (Å²) in [6.45, 7) is 3.80. The van der Waals surface area contributed by atoms with E-state index in [2.05, 4.69) is 20.3 Å². The summed E-state index contributed by atoms with van der Waals surface area (Å²) in [5.74, 6) is 0.297. The van der Waals surface area contributed by atoms with Crippen LogP contribution in [0.2, 0.25) is 0 Å². The highest BCUT2D eigenvalue weighted by molar-refractivity contribution is 5.95. The van der Waals surface area contributed by atoms with Gasteiger partial charge in [-0.15, -0.1) is 0 Å². The first-order valence-electron chi connectivity index (χ1n) is 9.95. The van der Waals surface area contributed by atoms with Crippen LogP contribution in [0.3, 0.4) is 0 Å². The van der Waals surface area contributed by atoms with E-state index in [4.69, 9.17) is 0 Å². The molecule has 0 spiro atoms. The molecule has 1 unspecified atom stereocenters. The van der Waals surface area contributed by atoms with Crippen molar-refractivity contribution < 1.29 is 4.79 Å². The predicted molar refractivity (Wildman–Crippen MR) is 112 cm³/mol. The Labute approximate surface area is 169 Å². The molecule has 0 radical (unpaired) electrons. The van der Waals surface area contributed by atoms with E-state index in [1.807, 2.05) is 44.3 Å². The highest BCUT2D eigenvalue weighted by Gasteiger charge is 2.33. The van der Waals surface area contributed by atoms with Gasteiger partial charge >= 0.3 is 0 Å². The van der Waals surface area contributed by atoms with Gasteiger partial charge < -0.3 is 10.3 Å². The summed E-state index contributed by atoms with van der Waals surface area (Å²) in [6, 6.07) is 7.57. The lowest BCUT2D eigenvalue weighted by Crippen LogP contribution is -2.30. The normalized spacial score (nSPS) is 14.4. The molecule has 1 aliphatic carbocycles. The molecule has 4 rings (SSSR count). The molecule has 1 amide bonds. The van der Waals surface area contributed by atoms with Gasteiger partial charge in [0.15, 0.2) is 0 Å². The average molecular weight is 388 g/mol. The number of rotatable bonds is 6. The number of aryl methyl sites for hydroxylation is 2. The number of nitrogens with one attached hydrogen (secondary N) is 2. The van der Waals surface area contributed by atoms with E-state index in [9.17, 15) is 9.59 Å². The van der Waals surface area contributed by atoms with Gasteiger partial charge in [-0.05, 0) is 55.9 Å². The topological polar surface area (TPSA) is 87.7 Å². The molecule has 2 N–H and O–H groups in total. The first-order valence-corrected chi connectivity index (χ1v) is 9.95. The maximum Gasteiger partial charge on any atom is 0.253 e. The summed E-state index contributed by atoms with van der Waals surface area (Å²) in [7, 11) is 0. The molecule has 6 heteroatoms. The van der Waals surface area contributed by atoms with Crippen molar-refractivity contribution in [1.29, 1.82) is 0 Å². The zero-order chi connectivity index (χ0) is 20.4. The minimum Gasteiger partial charge on any atom is -0.345 e. The molecule has 1 fully saturated rings. The Morgan fingerprint density at radius 2 is 2.07 bits per heavy atom. The standard InChI is InChI=1S/C23H24N4O2/c1-3-15-10-20(14(2)26-22(15)28)18-9-19(13-25-12-18)23(29)27-21(16-6-7-16)17-5-4-8-24-11-17/h4-5,8-13,16,21H,3,6-7H2,1-2H3,(H,26,28)(H,27,29). The van der Waals surface area contributed by atoms with Crippen LogP contribution in [0.15, 0.2) is 53.8 Å². The van der Waals surface area contributed by atoms with Gasteiger partial charge in [0.1, 0.15) is 0 Å². The fourth-order valence-corrected chi connectivity index (χ4v) is 3.63. The molecule has 3 aromatic heterocycles. The van der Waals surface area contributed by atoms with Crippen LogP contribution in [0.1, 0.15) is 53.0 Å². The fourth-order valence-electron chi connectivity index (χ4n) is 3.63. The van der Waals surface area contributed by atoms with Gasteiger partial charge in [-0.1, -0.05) is 13.0 Å². The molecule has 1 atom stereocenters. The molecule has 3 heterocycles. The highest BCUT2D eigenvalue weighted by atomic mass is 16.1. The zero-order valence-corrected chi connectivity index (χ0v) is 16.6. The number of nitrogens with zero attached hydrogens (tertiary/aromatic N) is 2. The van der Waals surface area contributed by atoms with Gasteiger partial charge in [0.05, 0.1) is 11.6 Å². The molecule has 3 aromatic rings. The second-order valence-electron chi connectivity index (χ2n) is 7.55. The molecule has 6 nitrogen and oxygen atoms in total. The molecule has 148 valence electrons. The Bertz CT molecular complexity index is 1090. The third-order valence-electron chi connectivity index (χ3n) is 5.43. The molecule has 0 saturated heterocycles. The summed E-state index contributed by atoms with van der Waals surface area (Å²) in [4.78, 5) is 36.4.